The minimum Gasteiger partial charge on any atom is -0.341 e. The molecule has 1 rings (SSSR count). The maximum atomic E-state index is 3.67. The molecule has 10 heavy (non-hydrogen) atoms. The van der Waals surface area contributed by atoms with Gasteiger partial charge in [-0.2, -0.15) is 0 Å². The largest absolute Gasteiger partial charge is 0.341 e. The van der Waals surface area contributed by atoms with Crippen molar-refractivity contribution in [2.45, 2.75) is 39.4 Å². The molecule has 0 aromatic rings. The summed E-state index contributed by atoms with van der Waals surface area (Å²) in [6, 6.07) is 0. The van der Waals surface area contributed by atoms with Gasteiger partial charge in [-0.25, -0.2) is 0 Å². The Morgan fingerprint density at radius 1 is 1.10 bits per heavy atom. The fourth-order valence-electron chi connectivity index (χ4n) is 1.92. The molecule has 1 aliphatic rings. The molecule has 1 heterocycles. The molecule has 60 valence electrons. The summed E-state index contributed by atoms with van der Waals surface area (Å²) >= 11 is 0. The number of nitrogens with zero attached hydrogens (tertiary/aromatic N) is 1. The van der Waals surface area contributed by atoms with Crippen molar-refractivity contribution in [2.24, 2.45) is 0 Å². The average Bonchev–Trinajstić information content (AvgIpc) is 1.58. The molecule has 2 unspecified atom stereocenters. The maximum absolute atomic E-state index is 3.67. The Balaban J connectivity index is 2.55. The molecule has 0 amide bonds. The van der Waals surface area contributed by atoms with Crippen LogP contribution in [0.4, 0.5) is 0 Å². The second kappa shape index (κ2) is 2.44. The van der Waals surface area contributed by atoms with E-state index in [1.54, 1.807) is 0 Å². The summed E-state index contributed by atoms with van der Waals surface area (Å²) in [4.78, 5) is 0. The molecule has 0 spiro atoms. The predicted molar refractivity (Wildman–Crippen MR) is 50.8 cm³/mol. The van der Waals surface area contributed by atoms with Gasteiger partial charge in [0.05, 0.1) is 0 Å². The van der Waals surface area contributed by atoms with Gasteiger partial charge in [-0.15, -0.1) is 0 Å². The molecule has 0 radical (unpaired) electrons. The van der Waals surface area contributed by atoms with Gasteiger partial charge in [0.25, 0.3) is 0 Å². The zero-order valence-electron chi connectivity index (χ0n) is 7.60. The van der Waals surface area contributed by atoms with E-state index in [1.165, 1.54) is 0 Å². The first-order valence-corrected chi connectivity index (χ1v) is 8.47. The van der Waals surface area contributed by atoms with Crippen LogP contribution in [0.2, 0.25) is 13.1 Å². The number of hydrogen-bond acceptors (Lipinski definition) is 2. The van der Waals surface area contributed by atoms with E-state index < -0.39 is 18.2 Å². The summed E-state index contributed by atoms with van der Waals surface area (Å²) in [5, 5.41) is 0. The van der Waals surface area contributed by atoms with Crippen molar-refractivity contribution in [3.63, 3.8) is 0 Å². The minimum absolute atomic E-state index is 0.433. The van der Waals surface area contributed by atoms with Crippen LogP contribution in [0.5, 0.6) is 0 Å². The van der Waals surface area contributed by atoms with Crippen molar-refractivity contribution in [3.05, 3.63) is 0 Å². The predicted octanol–water partition coefficient (Wildman–Crippen LogP) is 0.391. The second-order valence-corrected chi connectivity index (χ2v) is 9.84. The van der Waals surface area contributed by atoms with Crippen LogP contribution in [0, 0.1) is 0 Å². The molecule has 0 saturated carbocycles. The first-order valence-electron chi connectivity index (χ1n) is 3.97. The fraction of sp³-hybridized carbons (Fsp3) is 1.00. The van der Waals surface area contributed by atoms with E-state index in [0.717, 1.165) is 0 Å². The third kappa shape index (κ3) is 1.34. The van der Waals surface area contributed by atoms with E-state index in [9.17, 15) is 0 Å². The van der Waals surface area contributed by atoms with Gasteiger partial charge in [0.2, 0.25) is 0 Å². The summed E-state index contributed by atoms with van der Waals surface area (Å²) in [5.74, 6) is 0. The Bertz CT molecular complexity index is 124. The monoisotopic (exact) mass is 174 g/mol. The first-order chi connectivity index (χ1) is 4.43. The second-order valence-electron chi connectivity index (χ2n) is 4.10. The van der Waals surface area contributed by atoms with Crippen LogP contribution in [0.3, 0.4) is 0 Å². The van der Waals surface area contributed by atoms with Crippen LogP contribution in [-0.2, 0) is 0 Å². The fourth-order valence-corrected chi connectivity index (χ4v) is 10.4. The van der Waals surface area contributed by atoms with E-state index in [-0.39, 0.29) is 0 Å². The van der Waals surface area contributed by atoms with E-state index in [1.807, 2.05) is 0 Å². The summed E-state index contributed by atoms with van der Waals surface area (Å²) in [6.45, 7) is 11.7. The molecule has 0 aromatic heterocycles. The summed E-state index contributed by atoms with van der Waals surface area (Å²) in [5.41, 5.74) is 0.433. The average molecular weight is 174 g/mol. The molecule has 0 aromatic carbocycles. The van der Waals surface area contributed by atoms with Crippen LogP contribution in [0.1, 0.15) is 20.8 Å². The highest BCUT2D eigenvalue weighted by Crippen LogP contribution is 2.20. The molecule has 0 bridgehead atoms. The smallest absolute Gasteiger partial charge is 0.172 e. The molecule has 0 aliphatic carbocycles. The lowest BCUT2D eigenvalue weighted by Gasteiger charge is -2.53. The lowest BCUT2D eigenvalue weighted by molar-refractivity contribution is 0.338. The van der Waals surface area contributed by atoms with Gasteiger partial charge in [0.1, 0.15) is 0 Å². The third-order valence-corrected chi connectivity index (χ3v) is 11.9. The van der Waals surface area contributed by atoms with Gasteiger partial charge in [-0.3, -0.25) is 0 Å². The molecule has 2 nitrogen and oxygen atoms in total. The van der Waals surface area contributed by atoms with Crippen molar-refractivity contribution in [3.8, 4) is 0 Å². The molecule has 1 fully saturated rings. The highest BCUT2D eigenvalue weighted by Gasteiger charge is 2.40. The normalized spacial score (nSPS) is 35.7. The summed E-state index contributed by atoms with van der Waals surface area (Å²) in [7, 11) is -1.24. The molecule has 1 N–H and O–H groups in total. The minimum atomic E-state index is -0.622. The number of rotatable bonds is 0. The van der Waals surface area contributed by atoms with Gasteiger partial charge in [0, 0.05) is 5.54 Å². The third-order valence-electron chi connectivity index (χ3n) is 2.09. The quantitative estimate of drug-likeness (QED) is 0.535. The Kier molecular flexibility index (Phi) is 2.06. The SMILES string of the molecule is C[SiH]1N[SiH](C)N1C(C)(C)C. The van der Waals surface area contributed by atoms with Gasteiger partial charge in [0.15, 0.2) is 18.2 Å². The standard InChI is InChI=1S/C6H18N2Si2/c1-6(2,3)8-9(4)7-10(8)5/h7,9-10H,1-5H3. The van der Waals surface area contributed by atoms with Crippen LogP contribution in [-0.4, -0.2) is 28.0 Å². The first kappa shape index (κ1) is 8.45. The Morgan fingerprint density at radius 2 is 1.50 bits per heavy atom. The van der Waals surface area contributed by atoms with E-state index >= 15 is 0 Å². The molecular weight excluding hydrogens is 156 g/mol. The Hall–Kier alpha value is 0.354. The topological polar surface area (TPSA) is 15.3 Å². The van der Waals surface area contributed by atoms with Crippen molar-refractivity contribution in [2.75, 3.05) is 0 Å². The van der Waals surface area contributed by atoms with Gasteiger partial charge >= 0.3 is 0 Å². The van der Waals surface area contributed by atoms with Crippen LogP contribution in [0.25, 0.3) is 0 Å². The molecule has 1 aliphatic heterocycles. The zero-order chi connectivity index (χ0) is 7.94. The summed E-state index contributed by atoms with van der Waals surface area (Å²) in [6.07, 6.45) is 0. The summed E-state index contributed by atoms with van der Waals surface area (Å²) < 4.78 is 6.41. The van der Waals surface area contributed by atoms with Crippen molar-refractivity contribution in [1.82, 2.24) is 8.88 Å². The van der Waals surface area contributed by atoms with Crippen molar-refractivity contribution >= 4 is 18.2 Å². The maximum Gasteiger partial charge on any atom is 0.172 e. The van der Waals surface area contributed by atoms with Crippen LogP contribution in [0.15, 0.2) is 0 Å². The van der Waals surface area contributed by atoms with E-state index in [0.29, 0.717) is 5.54 Å². The van der Waals surface area contributed by atoms with Crippen molar-refractivity contribution in [1.29, 1.82) is 0 Å². The lowest BCUT2D eigenvalue weighted by Crippen LogP contribution is -2.78. The van der Waals surface area contributed by atoms with E-state index in [2.05, 4.69) is 42.7 Å². The highest BCUT2D eigenvalue weighted by atomic mass is 28.4. The number of nitrogens with one attached hydrogen (secondary N) is 1. The molecule has 4 heteroatoms. The Morgan fingerprint density at radius 3 is 1.60 bits per heavy atom. The molecule has 2 atom stereocenters. The number of hydrogen-bond donors (Lipinski definition) is 1. The zero-order valence-corrected chi connectivity index (χ0v) is 9.91. The Labute approximate surface area is 67.1 Å². The van der Waals surface area contributed by atoms with Crippen molar-refractivity contribution < 1.29 is 0 Å². The van der Waals surface area contributed by atoms with Gasteiger partial charge in [-0.1, -0.05) is 0 Å². The molecular formula is C6H18N2Si2. The highest BCUT2D eigenvalue weighted by molar-refractivity contribution is 6.85. The van der Waals surface area contributed by atoms with Crippen LogP contribution < -0.4 is 4.65 Å². The van der Waals surface area contributed by atoms with Gasteiger partial charge < -0.3 is 8.88 Å². The van der Waals surface area contributed by atoms with E-state index in [4.69, 9.17) is 0 Å². The van der Waals surface area contributed by atoms with Crippen LogP contribution >= 0.6 is 0 Å². The van der Waals surface area contributed by atoms with Gasteiger partial charge in [-0.05, 0) is 33.9 Å². The lowest BCUT2D eigenvalue weighted by atomic mass is 10.1. The molecule has 1 saturated heterocycles.